The zero-order valence-electron chi connectivity index (χ0n) is 25.7. The summed E-state index contributed by atoms with van der Waals surface area (Å²) >= 11 is 0. The quantitative estimate of drug-likeness (QED) is 0.543. The van der Waals surface area contributed by atoms with Crippen LogP contribution in [0.4, 0.5) is 0 Å². The molecule has 1 saturated carbocycles. The number of rotatable bonds is 6. The summed E-state index contributed by atoms with van der Waals surface area (Å²) in [5.41, 5.74) is 5.20. The van der Waals surface area contributed by atoms with Gasteiger partial charge in [0.1, 0.15) is 6.33 Å². The minimum atomic E-state index is 0.0892. The molecular formula is C34H50N6O. The molecule has 1 amide bonds. The minimum absolute atomic E-state index is 0.0892. The molecule has 3 saturated heterocycles. The molecule has 1 N–H and O–H groups in total. The van der Waals surface area contributed by atoms with Gasteiger partial charge in [0.15, 0.2) is 0 Å². The fourth-order valence-corrected chi connectivity index (χ4v) is 8.12. The van der Waals surface area contributed by atoms with E-state index in [9.17, 15) is 4.79 Å². The van der Waals surface area contributed by atoms with Gasteiger partial charge in [-0.2, -0.15) is 0 Å². The zero-order chi connectivity index (χ0) is 28.6. The monoisotopic (exact) mass is 558 g/mol. The Morgan fingerprint density at radius 3 is 2.37 bits per heavy atom. The molecule has 2 unspecified atom stereocenters. The van der Waals surface area contributed by atoms with Crippen molar-refractivity contribution in [1.82, 2.24) is 30.0 Å². The summed E-state index contributed by atoms with van der Waals surface area (Å²) in [5, 5.41) is 4.02. The molecule has 4 heterocycles. The molecule has 2 atom stereocenters. The highest BCUT2D eigenvalue weighted by Crippen LogP contribution is 2.41. The lowest BCUT2D eigenvalue weighted by atomic mass is 9.80. The standard InChI is InChI=1S/C34H50N6O/c1-24-6-5-7-30(20-24)32(29-10-15-38(16-11-29)22-28-8-9-28)40-19-14-37-34(21-25(40)2)12-17-39(18-13-34)33(41)31-26(3)35-23-36-27(31)4/h5-7,20,23,25,28-29,32,37H,8-19,21-22H2,1-4H3. The van der Waals surface area contributed by atoms with Crippen molar-refractivity contribution in [2.75, 3.05) is 45.8 Å². The van der Waals surface area contributed by atoms with Crippen LogP contribution in [0.15, 0.2) is 30.6 Å². The Balaban J connectivity index is 1.15. The van der Waals surface area contributed by atoms with Gasteiger partial charge < -0.3 is 15.1 Å². The second-order valence-electron chi connectivity index (χ2n) is 13.7. The predicted molar refractivity (Wildman–Crippen MR) is 164 cm³/mol. The van der Waals surface area contributed by atoms with Crippen molar-refractivity contribution in [3.63, 3.8) is 0 Å². The summed E-state index contributed by atoms with van der Waals surface area (Å²) in [6, 6.07) is 10.3. The second-order valence-corrected chi connectivity index (χ2v) is 13.7. The van der Waals surface area contributed by atoms with E-state index >= 15 is 0 Å². The first-order valence-electron chi connectivity index (χ1n) is 16.2. The van der Waals surface area contributed by atoms with Crippen LogP contribution in [0.25, 0.3) is 0 Å². The first-order valence-corrected chi connectivity index (χ1v) is 16.2. The van der Waals surface area contributed by atoms with Crippen LogP contribution in [0, 0.1) is 32.6 Å². The molecule has 3 aliphatic heterocycles. The smallest absolute Gasteiger partial charge is 0.257 e. The number of aryl methyl sites for hydroxylation is 3. The SMILES string of the molecule is Cc1cccc(C(C2CCN(CC3CC3)CC2)N2CCNC3(CCN(C(=O)c4c(C)ncnc4C)CC3)CC2C)c1. The first kappa shape index (κ1) is 28.8. The highest BCUT2D eigenvalue weighted by atomic mass is 16.2. The Bertz CT molecular complexity index is 1190. The summed E-state index contributed by atoms with van der Waals surface area (Å²) in [6.45, 7) is 16.0. The molecule has 1 aromatic heterocycles. The lowest BCUT2D eigenvalue weighted by Crippen LogP contribution is -2.55. The summed E-state index contributed by atoms with van der Waals surface area (Å²) < 4.78 is 0. The van der Waals surface area contributed by atoms with Crippen molar-refractivity contribution in [2.45, 2.75) is 90.3 Å². The third kappa shape index (κ3) is 6.37. The third-order valence-corrected chi connectivity index (χ3v) is 10.6. The van der Waals surface area contributed by atoms with Gasteiger partial charge in [-0.15, -0.1) is 0 Å². The fourth-order valence-electron chi connectivity index (χ4n) is 8.12. The number of nitrogens with zero attached hydrogens (tertiary/aromatic N) is 5. The maximum absolute atomic E-state index is 13.4. The molecule has 222 valence electrons. The maximum atomic E-state index is 13.4. The molecule has 41 heavy (non-hydrogen) atoms. The largest absolute Gasteiger partial charge is 0.338 e. The van der Waals surface area contributed by atoms with Gasteiger partial charge in [0.2, 0.25) is 0 Å². The molecular weight excluding hydrogens is 508 g/mol. The highest BCUT2D eigenvalue weighted by Gasteiger charge is 2.43. The van der Waals surface area contributed by atoms with E-state index in [1.165, 1.54) is 56.4 Å². The van der Waals surface area contributed by atoms with Crippen LogP contribution in [-0.4, -0.2) is 88.0 Å². The van der Waals surface area contributed by atoms with E-state index < -0.39 is 0 Å². The fraction of sp³-hybridized carbons (Fsp3) is 0.676. The van der Waals surface area contributed by atoms with E-state index in [1.54, 1.807) is 6.33 Å². The number of carbonyl (C=O) groups is 1. The van der Waals surface area contributed by atoms with Crippen molar-refractivity contribution in [2.24, 2.45) is 11.8 Å². The third-order valence-electron chi connectivity index (χ3n) is 10.6. The summed E-state index contributed by atoms with van der Waals surface area (Å²) in [4.78, 5) is 29.7. The molecule has 7 nitrogen and oxygen atoms in total. The molecule has 6 rings (SSSR count). The molecule has 1 aromatic carbocycles. The Morgan fingerprint density at radius 2 is 1.71 bits per heavy atom. The van der Waals surface area contributed by atoms with Gasteiger partial charge in [-0.05, 0) is 103 Å². The summed E-state index contributed by atoms with van der Waals surface area (Å²) in [7, 11) is 0. The number of benzene rings is 1. The minimum Gasteiger partial charge on any atom is -0.338 e. The number of nitrogens with one attached hydrogen (secondary N) is 1. The van der Waals surface area contributed by atoms with Gasteiger partial charge in [0.05, 0.1) is 17.0 Å². The summed E-state index contributed by atoms with van der Waals surface area (Å²) in [6.07, 6.45) is 10.2. The molecule has 7 heteroatoms. The van der Waals surface area contributed by atoms with Gasteiger partial charge >= 0.3 is 0 Å². The van der Waals surface area contributed by atoms with Gasteiger partial charge in [-0.3, -0.25) is 9.69 Å². The number of hydrogen-bond donors (Lipinski definition) is 1. The van der Waals surface area contributed by atoms with Crippen LogP contribution in [0.2, 0.25) is 0 Å². The Kier molecular flexibility index (Phi) is 8.49. The summed E-state index contributed by atoms with van der Waals surface area (Å²) in [5.74, 6) is 1.76. The molecule has 1 aliphatic carbocycles. The molecule has 0 bridgehead atoms. The van der Waals surface area contributed by atoms with Crippen LogP contribution >= 0.6 is 0 Å². The molecule has 4 fully saturated rings. The van der Waals surface area contributed by atoms with Gasteiger partial charge in [-0.1, -0.05) is 29.8 Å². The number of piperidine rings is 2. The van der Waals surface area contributed by atoms with Crippen molar-refractivity contribution >= 4 is 5.91 Å². The maximum Gasteiger partial charge on any atom is 0.257 e. The number of carbonyl (C=O) groups excluding carboxylic acids is 1. The van der Waals surface area contributed by atoms with Crippen molar-refractivity contribution < 1.29 is 4.79 Å². The van der Waals surface area contributed by atoms with Crippen molar-refractivity contribution in [1.29, 1.82) is 0 Å². The van der Waals surface area contributed by atoms with E-state index in [4.69, 9.17) is 0 Å². The van der Waals surface area contributed by atoms with Crippen LogP contribution in [-0.2, 0) is 0 Å². The topological polar surface area (TPSA) is 64.6 Å². The second kappa shape index (κ2) is 12.1. The van der Waals surface area contributed by atoms with Crippen LogP contribution in [0.3, 0.4) is 0 Å². The average molecular weight is 559 g/mol. The molecule has 1 spiro atoms. The van der Waals surface area contributed by atoms with E-state index in [0.717, 1.165) is 62.7 Å². The Hall–Kier alpha value is -2.35. The molecule has 0 radical (unpaired) electrons. The van der Waals surface area contributed by atoms with Gasteiger partial charge in [0, 0.05) is 50.3 Å². The van der Waals surface area contributed by atoms with Gasteiger partial charge in [-0.25, -0.2) is 9.97 Å². The molecule has 2 aromatic rings. The van der Waals surface area contributed by atoms with Crippen molar-refractivity contribution in [3.8, 4) is 0 Å². The number of aromatic nitrogens is 2. The first-order chi connectivity index (χ1) is 19.8. The van der Waals surface area contributed by atoms with E-state index in [-0.39, 0.29) is 11.4 Å². The van der Waals surface area contributed by atoms with E-state index in [0.29, 0.717) is 23.6 Å². The lowest BCUT2D eigenvalue weighted by Gasteiger charge is -2.46. The van der Waals surface area contributed by atoms with Gasteiger partial charge in [0.25, 0.3) is 5.91 Å². The van der Waals surface area contributed by atoms with Crippen molar-refractivity contribution in [3.05, 3.63) is 58.7 Å². The Morgan fingerprint density at radius 1 is 1.00 bits per heavy atom. The zero-order valence-corrected chi connectivity index (χ0v) is 25.7. The number of hydrogen-bond acceptors (Lipinski definition) is 6. The predicted octanol–water partition coefficient (Wildman–Crippen LogP) is 4.92. The number of likely N-dealkylation sites (tertiary alicyclic amines) is 2. The van der Waals surface area contributed by atoms with Crippen LogP contribution in [0.1, 0.15) is 90.8 Å². The average Bonchev–Trinajstić information content (AvgIpc) is 3.79. The normalized spacial score (nSPS) is 25.3. The lowest BCUT2D eigenvalue weighted by molar-refractivity contribution is 0.0504. The molecule has 4 aliphatic rings. The van der Waals surface area contributed by atoms with Crippen LogP contribution in [0.5, 0.6) is 0 Å². The number of amides is 1. The Labute approximate surface area is 247 Å². The van der Waals surface area contributed by atoms with E-state index in [1.807, 2.05) is 18.7 Å². The van der Waals surface area contributed by atoms with E-state index in [2.05, 4.69) is 63.2 Å². The highest BCUT2D eigenvalue weighted by molar-refractivity contribution is 5.96. The van der Waals surface area contributed by atoms with Crippen LogP contribution < -0.4 is 5.32 Å².